The van der Waals surface area contributed by atoms with Crippen LogP contribution < -0.4 is 10.1 Å². The third kappa shape index (κ3) is 4.70. The minimum atomic E-state index is -0.626. The molecular formula is C14H19ClN4O2. The van der Waals surface area contributed by atoms with E-state index in [-0.39, 0.29) is 6.61 Å². The number of hydrogen-bond donors (Lipinski definition) is 2. The minimum absolute atomic E-state index is 0.178. The second-order valence-electron chi connectivity index (χ2n) is 4.56. The SMILES string of the molecule is CCn1cnnc1CNCC(O)COc1ccccc1Cl. The summed E-state index contributed by atoms with van der Waals surface area (Å²) in [5.74, 6) is 1.42. The second kappa shape index (κ2) is 7.97. The Morgan fingerprint density at radius 1 is 1.43 bits per heavy atom. The van der Waals surface area contributed by atoms with Crippen molar-refractivity contribution in [2.24, 2.45) is 0 Å². The van der Waals surface area contributed by atoms with Gasteiger partial charge in [-0.3, -0.25) is 0 Å². The van der Waals surface area contributed by atoms with E-state index in [1.807, 2.05) is 23.6 Å². The van der Waals surface area contributed by atoms with E-state index in [0.717, 1.165) is 12.4 Å². The first-order valence-corrected chi connectivity index (χ1v) is 7.21. The van der Waals surface area contributed by atoms with Gasteiger partial charge in [-0.2, -0.15) is 0 Å². The summed E-state index contributed by atoms with van der Waals surface area (Å²) in [5.41, 5.74) is 0. The molecule has 0 aliphatic carbocycles. The molecule has 0 saturated heterocycles. The van der Waals surface area contributed by atoms with E-state index in [0.29, 0.717) is 23.9 Å². The predicted octanol–water partition coefficient (Wildman–Crippen LogP) is 1.48. The lowest BCUT2D eigenvalue weighted by Gasteiger charge is -2.14. The molecule has 0 radical (unpaired) electrons. The van der Waals surface area contributed by atoms with E-state index in [4.69, 9.17) is 16.3 Å². The predicted molar refractivity (Wildman–Crippen MR) is 80.4 cm³/mol. The molecule has 0 aliphatic rings. The van der Waals surface area contributed by atoms with Crippen LogP contribution in [0.2, 0.25) is 5.02 Å². The summed E-state index contributed by atoms with van der Waals surface area (Å²) in [5, 5.41) is 21.4. The second-order valence-corrected chi connectivity index (χ2v) is 4.97. The first-order valence-electron chi connectivity index (χ1n) is 6.83. The maximum Gasteiger partial charge on any atom is 0.146 e. The summed E-state index contributed by atoms with van der Waals surface area (Å²) in [4.78, 5) is 0. The number of nitrogens with zero attached hydrogens (tertiary/aromatic N) is 3. The third-order valence-corrected chi connectivity index (χ3v) is 3.28. The molecule has 0 saturated carbocycles. The number of aryl methyl sites for hydroxylation is 1. The number of hydrogen-bond acceptors (Lipinski definition) is 5. The molecule has 0 spiro atoms. The highest BCUT2D eigenvalue weighted by molar-refractivity contribution is 6.32. The molecule has 1 heterocycles. The van der Waals surface area contributed by atoms with Gasteiger partial charge in [0.15, 0.2) is 0 Å². The Bertz CT molecular complexity index is 561. The van der Waals surface area contributed by atoms with Crippen molar-refractivity contribution in [2.45, 2.75) is 26.1 Å². The topological polar surface area (TPSA) is 72.2 Å². The zero-order valence-corrected chi connectivity index (χ0v) is 12.6. The van der Waals surface area contributed by atoms with Gasteiger partial charge in [0, 0.05) is 13.1 Å². The van der Waals surface area contributed by atoms with E-state index < -0.39 is 6.10 Å². The lowest BCUT2D eigenvalue weighted by molar-refractivity contribution is 0.106. The molecule has 1 aromatic carbocycles. The van der Waals surface area contributed by atoms with Crippen LogP contribution in [0.5, 0.6) is 5.75 Å². The van der Waals surface area contributed by atoms with Crippen LogP contribution in [0, 0.1) is 0 Å². The molecule has 0 bridgehead atoms. The van der Waals surface area contributed by atoms with Gasteiger partial charge in [-0.1, -0.05) is 23.7 Å². The van der Waals surface area contributed by atoms with Crippen LogP contribution >= 0.6 is 11.6 Å². The normalized spacial score (nSPS) is 12.3. The van der Waals surface area contributed by atoms with Gasteiger partial charge in [0.2, 0.25) is 0 Å². The van der Waals surface area contributed by atoms with E-state index in [9.17, 15) is 5.11 Å². The molecule has 1 atom stereocenters. The average Bonchev–Trinajstić information content (AvgIpc) is 2.94. The summed E-state index contributed by atoms with van der Waals surface area (Å²) in [6, 6.07) is 7.19. The Hall–Kier alpha value is -1.63. The van der Waals surface area contributed by atoms with Crippen molar-refractivity contribution in [3.05, 3.63) is 41.4 Å². The number of aliphatic hydroxyl groups is 1. The largest absolute Gasteiger partial charge is 0.489 e. The molecule has 7 heteroatoms. The number of para-hydroxylation sites is 1. The van der Waals surface area contributed by atoms with Crippen molar-refractivity contribution in [1.29, 1.82) is 0 Å². The summed E-state index contributed by atoms with van der Waals surface area (Å²) in [6.07, 6.45) is 1.06. The highest BCUT2D eigenvalue weighted by Crippen LogP contribution is 2.22. The Morgan fingerprint density at radius 3 is 3.00 bits per heavy atom. The van der Waals surface area contributed by atoms with Gasteiger partial charge in [0.25, 0.3) is 0 Å². The van der Waals surface area contributed by atoms with Crippen LogP contribution in [0.3, 0.4) is 0 Å². The molecule has 0 fully saturated rings. The average molecular weight is 311 g/mol. The smallest absolute Gasteiger partial charge is 0.146 e. The zero-order valence-electron chi connectivity index (χ0n) is 11.9. The van der Waals surface area contributed by atoms with Crippen molar-refractivity contribution in [3.8, 4) is 5.75 Å². The van der Waals surface area contributed by atoms with Crippen molar-refractivity contribution >= 4 is 11.6 Å². The van der Waals surface area contributed by atoms with Crippen molar-refractivity contribution in [3.63, 3.8) is 0 Å². The highest BCUT2D eigenvalue weighted by Gasteiger charge is 2.08. The molecule has 1 aromatic heterocycles. The number of rotatable bonds is 8. The molecule has 1 unspecified atom stereocenters. The number of aromatic nitrogens is 3. The molecule has 21 heavy (non-hydrogen) atoms. The standard InChI is InChI=1S/C14H19ClN4O2/c1-2-19-10-17-18-14(19)8-16-7-11(20)9-21-13-6-4-3-5-12(13)15/h3-6,10-11,16,20H,2,7-9H2,1H3. The molecule has 114 valence electrons. The summed E-state index contributed by atoms with van der Waals surface area (Å²) in [6.45, 7) is 3.98. The quantitative estimate of drug-likeness (QED) is 0.773. The van der Waals surface area contributed by atoms with Crippen molar-refractivity contribution < 1.29 is 9.84 Å². The Balaban J connectivity index is 1.70. The van der Waals surface area contributed by atoms with Gasteiger partial charge in [-0.15, -0.1) is 10.2 Å². The Morgan fingerprint density at radius 2 is 2.24 bits per heavy atom. The molecule has 2 N–H and O–H groups in total. The summed E-state index contributed by atoms with van der Waals surface area (Å²) >= 11 is 5.97. The fraction of sp³-hybridized carbons (Fsp3) is 0.429. The Labute approximate surface area is 128 Å². The van der Waals surface area contributed by atoms with E-state index >= 15 is 0 Å². The minimum Gasteiger partial charge on any atom is -0.489 e. The Kier molecular flexibility index (Phi) is 5.98. The number of aliphatic hydroxyl groups excluding tert-OH is 1. The van der Waals surface area contributed by atoms with Crippen LogP contribution in [-0.4, -0.2) is 39.1 Å². The first-order chi connectivity index (χ1) is 10.2. The van der Waals surface area contributed by atoms with Gasteiger partial charge in [0.1, 0.15) is 30.6 Å². The fourth-order valence-electron chi connectivity index (χ4n) is 1.84. The van der Waals surface area contributed by atoms with Gasteiger partial charge < -0.3 is 19.7 Å². The number of nitrogens with one attached hydrogen (secondary N) is 1. The van der Waals surface area contributed by atoms with Crippen LogP contribution in [0.4, 0.5) is 0 Å². The molecule has 0 aliphatic heterocycles. The number of ether oxygens (including phenoxy) is 1. The van der Waals surface area contributed by atoms with Gasteiger partial charge in [-0.25, -0.2) is 0 Å². The van der Waals surface area contributed by atoms with Crippen LogP contribution in [-0.2, 0) is 13.1 Å². The first kappa shape index (κ1) is 15.8. The zero-order chi connectivity index (χ0) is 15.1. The van der Waals surface area contributed by atoms with E-state index in [1.165, 1.54) is 0 Å². The lowest BCUT2D eigenvalue weighted by atomic mass is 10.3. The van der Waals surface area contributed by atoms with Crippen LogP contribution in [0.25, 0.3) is 0 Å². The molecule has 2 rings (SSSR count). The molecule has 6 nitrogen and oxygen atoms in total. The van der Waals surface area contributed by atoms with Crippen molar-refractivity contribution in [1.82, 2.24) is 20.1 Å². The third-order valence-electron chi connectivity index (χ3n) is 2.97. The monoisotopic (exact) mass is 310 g/mol. The fourth-order valence-corrected chi connectivity index (χ4v) is 2.03. The lowest BCUT2D eigenvalue weighted by Crippen LogP contribution is -2.31. The van der Waals surface area contributed by atoms with Crippen LogP contribution in [0.15, 0.2) is 30.6 Å². The highest BCUT2D eigenvalue weighted by atomic mass is 35.5. The summed E-state index contributed by atoms with van der Waals surface area (Å²) in [7, 11) is 0. The van der Waals surface area contributed by atoms with Gasteiger partial charge >= 0.3 is 0 Å². The molecule has 0 amide bonds. The summed E-state index contributed by atoms with van der Waals surface area (Å²) < 4.78 is 7.42. The van der Waals surface area contributed by atoms with E-state index in [1.54, 1.807) is 18.5 Å². The maximum absolute atomic E-state index is 9.88. The van der Waals surface area contributed by atoms with Gasteiger partial charge in [0.05, 0.1) is 11.6 Å². The molecular weight excluding hydrogens is 292 g/mol. The van der Waals surface area contributed by atoms with Crippen LogP contribution in [0.1, 0.15) is 12.7 Å². The van der Waals surface area contributed by atoms with Crippen molar-refractivity contribution in [2.75, 3.05) is 13.2 Å². The van der Waals surface area contributed by atoms with Gasteiger partial charge in [-0.05, 0) is 19.1 Å². The number of halogens is 1. The maximum atomic E-state index is 9.88. The van der Waals surface area contributed by atoms with E-state index in [2.05, 4.69) is 15.5 Å². The number of benzene rings is 1. The molecule has 2 aromatic rings.